The van der Waals surface area contributed by atoms with Crippen molar-refractivity contribution in [2.75, 3.05) is 0 Å². The Balaban J connectivity index is 2.31. The molecule has 0 saturated heterocycles. The average Bonchev–Trinajstić information content (AvgIpc) is 3.18. The van der Waals surface area contributed by atoms with Crippen molar-refractivity contribution in [3.63, 3.8) is 0 Å². The van der Waals surface area contributed by atoms with Crippen molar-refractivity contribution in [1.82, 2.24) is 10.3 Å². The van der Waals surface area contributed by atoms with E-state index in [1.54, 1.807) is 19.9 Å². The third-order valence-electron chi connectivity index (χ3n) is 3.11. The first kappa shape index (κ1) is 15.6. The van der Waals surface area contributed by atoms with Crippen molar-refractivity contribution in [3.8, 4) is 0 Å². The van der Waals surface area contributed by atoms with Crippen LogP contribution in [0.2, 0.25) is 10.0 Å². The van der Waals surface area contributed by atoms with Crippen molar-refractivity contribution >= 4 is 39.1 Å². The van der Waals surface area contributed by atoms with Crippen molar-refractivity contribution < 1.29 is 13.2 Å². The molecule has 1 aromatic carbocycles. The minimum atomic E-state index is -3.97. The van der Waals surface area contributed by atoms with Gasteiger partial charge in [0.15, 0.2) is 0 Å². The second-order valence-electron chi connectivity index (χ2n) is 4.81. The molecule has 1 fully saturated rings. The van der Waals surface area contributed by atoms with Crippen molar-refractivity contribution in [2.45, 2.75) is 31.6 Å². The molecule has 20 heavy (non-hydrogen) atoms. The third-order valence-corrected chi connectivity index (χ3v) is 5.52. The van der Waals surface area contributed by atoms with E-state index < -0.39 is 10.0 Å². The summed E-state index contributed by atoms with van der Waals surface area (Å²) in [6, 6.07) is 1.60. The maximum Gasteiger partial charge on any atom is 0.259 e. The Bertz CT molecular complexity index is 644. The Hall–Kier alpha value is -0.820. The molecule has 5 nitrogen and oxygen atoms in total. The molecule has 2 rings (SSSR count). The van der Waals surface area contributed by atoms with E-state index in [2.05, 4.69) is 10.3 Å². The van der Waals surface area contributed by atoms with Gasteiger partial charge in [0.2, 0.25) is 5.91 Å². The number of benzene rings is 1. The van der Waals surface area contributed by atoms with Crippen LogP contribution >= 0.6 is 23.2 Å². The van der Waals surface area contributed by atoms with Crippen LogP contribution in [-0.2, 0) is 14.8 Å². The van der Waals surface area contributed by atoms with Gasteiger partial charge < -0.3 is 0 Å². The number of amides is 1. The molecular formula is C12H14Cl2N2O3S. The lowest BCUT2D eigenvalue weighted by molar-refractivity contribution is -0.122. The van der Waals surface area contributed by atoms with Crippen LogP contribution < -0.4 is 10.3 Å². The summed E-state index contributed by atoms with van der Waals surface area (Å²) in [7, 11) is -3.97. The number of carbonyl (C=O) groups excluding carboxylic acids is 1. The van der Waals surface area contributed by atoms with E-state index in [0.29, 0.717) is 16.1 Å². The zero-order valence-electron chi connectivity index (χ0n) is 11.0. The molecule has 0 atom stereocenters. The Morgan fingerprint density at radius 3 is 2.45 bits per heavy atom. The van der Waals surface area contributed by atoms with Crippen LogP contribution in [-0.4, -0.2) is 14.3 Å². The summed E-state index contributed by atoms with van der Waals surface area (Å²) in [5.41, 5.74) is 3.09. The van der Waals surface area contributed by atoms with E-state index in [1.165, 1.54) is 0 Å². The second-order valence-corrected chi connectivity index (χ2v) is 7.22. The molecule has 8 heteroatoms. The van der Waals surface area contributed by atoms with Gasteiger partial charge in [0.05, 0.1) is 5.02 Å². The average molecular weight is 337 g/mol. The summed E-state index contributed by atoms with van der Waals surface area (Å²) in [6.45, 7) is 3.22. The highest BCUT2D eigenvalue weighted by Gasteiger charge is 2.31. The highest BCUT2D eigenvalue weighted by molar-refractivity contribution is 7.89. The lowest BCUT2D eigenvalue weighted by Gasteiger charge is -2.14. The van der Waals surface area contributed by atoms with E-state index in [1.807, 2.05) is 0 Å². The molecule has 0 spiro atoms. The van der Waals surface area contributed by atoms with E-state index >= 15 is 0 Å². The fourth-order valence-electron chi connectivity index (χ4n) is 1.75. The topological polar surface area (TPSA) is 75.3 Å². The highest BCUT2D eigenvalue weighted by Crippen LogP contribution is 2.33. The lowest BCUT2D eigenvalue weighted by Crippen LogP contribution is -2.42. The number of sulfonamides is 1. The van der Waals surface area contributed by atoms with Crippen LogP contribution in [0.1, 0.15) is 24.0 Å². The molecule has 1 aliphatic rings. The number of carbonyl (C=O) groups is 1. The van der Waals surface area contributed by atoms with E-state index in [4.69, 9.17) is 23.2 Å². The van der Waals surface area contributed by atoms with Crippen LogP contribution in [0.15, 0.2) is 11.0 Å². The fraction of sp³-hybridized carbons (Fsp3) is 0.417. The Kier molecular flexibility index (Phi) is 4.30. The summed E-state index contributed by atoms with van der Waals surface area (Å²) in [6.07, 6.45) is 1.56. The molecule has 0 heterocycles. The Morgan fingerprint density at radius 1 is 1.30 bits per heavy atom. The van der Waals surface area contributed by atoms with Crippen LogP contribution in [0.4, 0.5) is 0 Å². The molecule has 0 aliphatic heterocycles. The zero-order chi connectivity index (χ0) is 15.1. The van der Waals surface area contributed by atoms with Gasteiger partial charge in [-0.15, -0.1) is 4.83 Å². The summed E-state index contributed by atoms with van der Waals surface area (Å²) < 4.78 is 24.5. The quantitative estimate of drug-likeness (QED) is 0.828. The second kappa shape index (κ2) is 5.52. The molecule has 1 aliphatic carbocycles. The van der Waals surface area contributed by atoms with Crippen LogP contribution in [0.5, 0.6) is 0 Å². The van der Waals surface area contributed by atoms with Gasteiger partial charge in [-0.25, -0.2) is 8.42 Å². The van der Waals surface area contributed by atoms with Gasteiger partial charge in [-0.2, -0.15) is 0 Å². The maximum atomic E-state index is 12.3. The predicted octanol–water partition coefficient (Wildman–Crippen LogP) is 2.33. The van der Waals surface area contributed by atoms with E-state index in [-0.39, 0.29) is 21.7 Å². The summed E-state index contributed by atoms with van der Waals surface area (Å²) in [4.78, 5) is 13.4. The normalized spacial score (nSPS) is 15.2. The van der Waals surface area contributed by atoms with Crippen molar-refractivity contribution in [3.05, 3.63) is 27.2 Å². The van der Waals surface area contributed by atoms with Gasteiger partial charge in [-0.05, 0) is 43.9 Å². The summed E-state index contributed by atoms with van der Waals surface area (Å²) in [5, 5.41) is 0.404. The van der Waals surface area contributed by atoms with Gasteiger partial charge in [-0.1, -0.05) is 23.2 Å². The van der Waals surface area contributed by atoms with Gasteiger partial charge in [0, 0.05) is 10.9 Å². The van der Waals surface area contributed by atoms with Crippen molar-refractivity contribution in [2.24, 2.45) is 5.92 Å². The summed E-state index contributed by atoms with van der Waals surface area (Å²) >= 11 is 12.0. The van der Waals surface area contributed by atoms with Gasteiger partial charge in [0.25, 0.3) is 10.0 Å². The van der Waals surface area contributed by atoms with E-state index in [9.17, 15) is 13.2 Å². The number of rotatable bonds is 4. The van der Waals surface area contributed by atoms with Gasteiger partial charge >= 0.3 is 0 Å². The molecule has 2 N–H and O–H groups in total. The van der Waals surface area contributed by atoms with E-state index in [0.717, 1.165) is 12.8 Å². The van der Waals surface area contributed by atoms with Gasteiger partial charge in [0.1, 0.15) is 4.90 Å². The Labute approximate surface area is 127 Å². The number of hydrogen-bond acceptors (Lipinski definition) is 3. The minimum absolute atomic E-state index is 0.0973. The standard InChI is InChI=1S/C12H14Cl2N2O3S/c1-6-5-9(13)7(2)11(10(6)14)20(18,19)16-15-12(17)8-3-4-8/h5,8,16H,3-4H2,1-2H3,(H,15,17). The van der Waals surface area contributed by atoms with Crippen LogP contribution in [0.25, 0.3) is 0 Å². The maximum absolute atomic E-state index is 12.3. The zero-order valence-corrected chi connectivity index (χ0v) is 13.3. The number of aryl methyl sites for hydroxylation is 1. The van der Waals surface area contributed by atoms with Crippen molar-refractivity contribution in [1.29, 1.82) is 0 Å². The molecule has 1 saturated carbocycles. The molecule has 0 aromatic heterocycles. The number of hydrazine groups is 1. The number of halogens is 2. The molecular weight excluding hydrogens is 323 g/mol. The lowest BCUT2D eigenvalue weighted by atomic mass is 10.2. The Morgan fingerprint density at radius 2 is 1.90 bits per heavy atom. The first-order valence-corrected chi connectivity index (χ1v) is 8.25. The number of nitrogens with one attached hydrogen (secondary N) is 2. The van der Waals surface area contributed by atoms with Crippen LogP contribution in [0, 0.1) is 19.8 Å². The van der Waals surface area contributed by atoms with Gasteiger partial charge in [-0.3, -0.25) is 10.2 Å². The smallest absolute Gasteiger partial charge is 0.259 e. The molecule has 1 aromatic rings. The highest BCUT2D eigenvalue weighted by atomic mass is 35.5. The third kappa shape index (κ3) is 3.09. The minimum Gasteiger partial charge on any atom is -0.277 e. The largest absolute Gasteiger partial charge is 0.277 e. The molecule has 0 unspecified atom stereocenters. The van der Waals surface area contributed by atoms with Crippen LogP contribution in [0.3, 0.4) is 0 Å². The molecule has 1 amide bonds. The number of hydrogen-bond donors (Lipinski definition) is 2. The first-order chi connectivity index (χ1) is 9.24. The molecule has 110 valence electrons. The first-order valence-electron chi connectivity index (χ1n) is 6.01. The fourth-order valence-corrected chi connectivity index (χ4v) is 3.81. The predicted molar refractivity (Wildman–Crippen MR) is 77.1 cm³/mol. The SMILES string of the molecule is Cc1cc(Cl)c(C)c(S(=O)(=O)NNC(=O)C2CC2)c1Cl. The molecule has 0 radical (unpaired) electrons. The summed E-state index contributed by atoms with van der Waals surface area (Å²) in [5.74, 6) is -0.434. The monoisotopic (exact) mass is 336 g/mol. The molecule has 0 bridgehead atoms.